The molecule has 2 aliphatic heterocycles. The molecule has 1 amide bonds. The lowest BCUT2D eigenvalue weighted by Gasteiger charge is -2.47. The number of amides is 1. The summed E-state index contributed by atoms with van der Waals surface area (Å²) in [5, 5.41) is 0. The average molecular weight is 306 g/mol. The molecular weight excluding hydrogens is 283 g/mol. The van der Waals surface area contributed by atoms with Crippen LogP contribution in [0.15, 0.2) is 24.3 Å². The van der Waals surface area contributed by atoms with Gasteiger partial charge in [-0.15, -0.1) is 0 Å². The maximum Gasteiger partial charge on any atom is 0.253 e. The molecule has 4 nitrogen and oxygen atoms in total. The van der Waals surface area contributed by atoms with E-state index in [1.165, 1.54) is 12.1 Å². The number of nitrogens with zero attached hydrogens (tertiary/aromatic N) is 2. The van der Waals surface area contributed by atoms with Crippen molar-refractivity contribution >= 4 is 11.6 Å². The molecule has 0 aliphatic carbocycles. The second kappa shape index (κ2) is 5.97. The van der Waals surface area contributed by atoms with Crippen LogP contribution in [0.1, 0.15) is 26.7 Å². The van der Waals surface area contributed by atoms with Gasteiger partial charge >= 0.3 is 0 Å². The minimum absolute atomic E-state index is 0.0815. The molecule has 0 unspecified atom stereocenters. The van der Waals surface area contributed by atoms with E-state index in [1.54, 1.807) is 17.0 Å². The average Bonchev–Trinajstić information content (AvgIpc) is 2.50. The highest BCUT2D eigenvalue weighted by Crippen LogP contribution is 2.33. The molecule has 2 fully saturated rings. The first-order chi connectivity index (χ1) is 10.5. The lowest BCUT2D eigenvalue weighted by Crippen LogP contribution is -2.59. The fourth-order valence-corrected chi connectivity index (χ4v) is 3.34. The van der Waals surface area contributed by atoms with Crippen molar-refractivity contribution in [3.8, 4) is 0 Å². The Morgan fingerprint density at radius 1 is 1.27 bits per heavy atom. The molecule has 0 N–H and O–H groups in total. The van der Waals surface area contributed by atoms with E-state index < -0.39 is 0 Å². The molecule has 0 bridgehead atoms. The van der Waals surface area contributed by atoms with Crippen molar-refractivity contribution < 1.29 is 13.9 Å². The van der Waals surface area contributed by atoms with Crippen LogP contribution in [0.2, 0.25) is 0 Å². The lowest BCUT2D eigenvalue weighted by molar-refractivity contribution is -0.145. The number of ether oxygens (including phenoxy) is 1. The van der Waals surface area contributed by atoms with Crippen molar-refractivity contribution in [2.75, 3.05) is 31.1 Å². The molecule has 1 aromatic rings. The molecule has 0 saturated carbocycles. The van der Waals surface area contributed by atoms with Gasteiger partial charge in [0, 0.05) is 24.8 Å². The highest BCUT2D eigenvalue weighted by molar-refractivity contribution is 5.95. The Hall–Kier alpha value is -1.46. The van der Waals surface area contributed by atoms with E-state index in [0.29, 0.717) is 18.3 Å². The van der Waals surface area contributed by atoms with Crippen LogP contribution in [0.3, 0.4) is 0 Å². The van der Waals surface area contributed by atoms with Gasteiger partial charge < -0.3 is 14.5 Å². The number of anilines is 1. The molecule has 2 saturated heterocycles. The van der Waals surface area contributed by atoms with E-state index in [1.807, 2.05) is 0 Å². The monoisotopic (exact) mass is 306 g/mol. The normalized spacial score (nSPS) is 22.5. The molecule has 5 heteroatoms. The highest BCUT2D eigenvalue weighted by Gasteiger charge is 2.42. The van der Waals surface area contributed by atoms with E-state index in [9.17, 15) is 9.18 Å². The predicted octanol–water partition coefficient (Wildman–Crippen LogP) is 2.43. The summed E-state index contributed by atoms with van der Waals surface area (Å²) in [6, 6.07) is 6.76. The third-order valence-corrected chi connectivity index (χ3v) is 4.81. The molecule has 2 aliphatic rings. The minimum atomic E-state index is -0.319. The summed E-state index contributed by atoms with van der Waals surface area (Å²) >= 11 is 0. The smallest absolute Gasteiger partial charge is 0.253 e. The molecule has 2 heterocycles. The Kier molecular flexibility index (Phi) is 4.19. The topological polar surface area (TPSA) is 32.8 Å². The fraction of sp³-hybridized carbons (Fsp3) is 0.588. The van der Waals surface area contributed by atoms with Gasteiger partial charge in [-0.1, -0.05) is 6.07 Å². The largest absolute Gasteiger partial charge is 0.363 e. The first kappa shape index (κ1) is 15.4. The standard InChI is InChI=1S/C17H23FN2O2/c1-13(2)19-8-6-17(7-9-19)12-20(16(21)11-22-17)15-5-3-4-14(18)10-15/h3-5,10,13H,6-9,11-12H2,1-2H3. The second-order valence-corrected chi connectivity index (χ2v) is 6.56. The number of piperidine rings is 1. The number of hydrogen-bond acceptors (Lipinski definition) is 3. The van der Waals surface area contributed by atoms with Gasteiger partial charge in [0.25, 0.3) is 5.91 Å². The van der Waals surface area contributed by atoms with Crippen LogP contribution in [0.5, 0.6) is 0 Å². The van der Waals surface area contributed by atoms with E-state index >= 15 is 0 Å². The van der Waals surface area contributed by atoms with E-state index in [2.05, 4.69) is 18.7 Å². The Morgan fingerprint density at radius 2 is 2.00 bits per heavy atom. The van der Waals surface area contributed by atoms with Gasteiger partial charge in [-0.3, -0.25) is 4.79 Å². The van der Waals surface area contributed by atoms with E-state index in [-0.39, 0.29) is 23.9 Å². The van der Waals surface area contributed by atoms with Gasteiger partial charge in [0.2, 0.25) is 0 Å². The summed E-state index contributed by atoms with van der Waals surface area (Å²) in [6.45, 7) is 6.94. The van der Waals surface area contributed by atoms with Crippen molar-refractivity contribution in [3.05, 3.63) is 30.1 Å². The summed E-state index contributed by atoms with van der Waals surface area (Å²) in [6.07, 6.45) is 1.81. The van der Waals surface area contributed by atoms with Crippen LogP contribution in [0, 0.1) is 5.82 Å². The maximum atomic E-state index is 13.4. The van der Waals surface area contributed by atoms with Gasteiger partial charge in [-0.05, 0) is 44.9 Å². The number of morpholine rings is 1. The predicted molar refractivity (Wildman–Crippen MR) is 83.4 cm³/mol. The Bertz CT molecular complexity index is 553. The van der Waals surface area contributed by atoms with Gasteiger partial charge in [-0.2, -0.15) is 0 Å². The summed E-state index contributed by atoms with van der Waals surface area (Å²) in [5.74, 6) is -0.414. The summed E-state index contributed by atoms with van der Waals surface area (Å²) in [4.78, 5) is 16.3. The Labute approximate surface area is 130 Å². The van der Waals surface area contributed by atoms with Gasteiger partial charge in [0.1, 0.15) is 12.4 Å². The van der Waals surface area contributed by atoms with Crippen LogP contribution in [-0.4, -0.2) is 48.7 Å². The summed E-state index contributed by atoms with van der Waals surface area (Å²) in [7, 11) is 0. The number of benzene rings is 1. The highest BCUT2D eigenvalue weighted by atomic mass is 19.1. The minimum Gasteiger partial charge on any atom is -0.363 e. The molecule has 0 atom stereocenters. The maximum absolute atomic E-state index is 13.4. The first-order valence-electron chi connectivity index (χ1n) is 7.93. The number of halogens is 1. The third-order valence-electron chi connectivity index (χ3n) is 4.81. The van der Waals surface area contributed by atoms with Crippen molar-refractivity contribution in [2.24, 2.45) is 0 Å². The van der Waals surface area contributed by atoms with Crippen LogP contribution in [0.4, 0.5) is 10.1 Å². The van der Waals surface area contributed by atoms with Crippen molar-refractivity contribution in [1.82, 2.24) is 4.90 Å². The number of carbonyl (C=O) groups is 1. The lowest BCUT2D eigenvalue weighted by atomic mass is 9.88. The molecular formula is C17H23FN2O2. The molecule has 3 rings (SSSR count). The molecule has 22 heavy (non-hydrogen) atoms. The number of hydrogen-bond donors (Lipinski definition) is 0. The molecule has 1 spiro atoms. The van der Waals surface area contributed by atoms with Crippen LogP contribution in [0.25, 0.3) is 0 Å². The SMILES string of the molecule is CC(C)N1CCC2(CC1)CN(c1cccc(F)c1)C(=O)CO2. The zero-order valence-corrected chi connectivity index (χ0v) is 13.2. The fourth-order valence-electron chi connectivity index (χ4n) is 3.34. The molecule has 1 aromatic carbocycles. The Morgan fingerprint density at radius 3 is 2.64 bits per heavy atom. The number of rotatable bonds is 2. The molecule has 120 valence electrons. The first-order valence-corrected chi connectivity index (χ1v) is 7.93. The molecule has 0 aromatic heterocycles. The second-order valence-electron chi connectivity index (χ2n) is 6.56. The van der Waals surface area contributed by atoms with E-state index in [4.69, 9.17) is 4.74 Å². The van der Waals surface area contributed by atoms with Crippen molar-refractivity contribution in [1.29, 1.82) is 0 Å². The summed E-state index contributed by atoms with van der Waals surface area (Å²) < 4.78 is 19.4. The quantitative estimate of drug-likeness (QED) is 0.841. The Balaban J connectivity index is 1.75. The van der Waals surface area contributed by atoms with Gasteiger partial charge in [-0.25, -0.2) is 4.39 Å². The van der Waals surface area contributed by atoms with E-state index in [0.717, 1.165) is 25.9 Å². The number of likely N-dealkylation sites (tertiary alicyclic amines) is 1. The van der Waals surface area contributed by atoms with Crippen molar-refractivity contribution in [2.45, 2.75) is 38.3 Å². The third kappa shape index (κ3) is 3.01. The van der Waals surface area contributed by atoms with Crippen molar-refractivity contribution in [3.63, 3.8) is 0 Å². The zero-order valence-electron chi connectivity index (χ0n) is 13.2. The van der Waals surface area contributed by atoms with Crippen LogP contribution >= 0.6 is 0 Å². The van der Waals surface area contributed by atoms with Crippen LogP contribution < -0.4 is 4.90 Å². The zero-order chi connectivity index (χ0) is 15.7. The summed E-state index contributed by atoms with van der Waals surface area (Å²) in [5.41, 5.74) is 0.338. The number of carbonyl (C=O) groups excluding carboxylic acids is 1. The van der Waals surface area contributed by atoms with Crippen LogP contribution in [-0.2, 0) is 9.53 Å². The van der Waals surface area contributed by atoms with Gasteiger partial charge in [0.15, 0.2) is 0 Å². The van der Waals surface area contributed by atoms with Gasteiger partial charge in [0.05, 0.1) is 12.1 Å². The molecule has 0 radical (unpaired) electrons.